The second-order valence-corrected chi connectivity index (χ2v) is 13.0. The minimum Gasteiger partial charge on any atom is -0.456 e. The molecule has 7 aromatic carbocycles. The van der Waals surface area contributed by atoms with Crippen LogP contribution in [0.5, 0.6) is 0 Å². The SMILES string of the molecule is c1ccc(-c2nc3cc4c(cc3o2)oc2cccc(N(c3ccc5c(c3)sc3ccccc35)c3ccccc3-c3ccccc3)c24)cc1. The molecule has 0 amide bonds. The van der Waals surface area contributed by atoms with Gasteiger partial charge in [0.15, 0.2) is 5.58 Å². The maximum atomic E-state index is 6.55. The van der Waals surface area contributed by atoms with E-state index in [2.05, 4.69) is 120 Å². The Labute approximate surface area is 279 Å². The van der Waals surface area contributed by atoms with E-state index >= 15 is 0 Å². The van der Waals surface area contributed by atoms with Crippen molar-refractivity contribution in [3.63, 3.8) is 0 Å². The molecule has 4 nitrogen and oxygen atoms in total. The van der Waals surface area contributed by atoms with Gasteiger partial charge in [0, 0.05) is 48.4 Å². The largest absolute Gasteiger partial charge is 0.456 e. The van der Waals surface area contributed by atoms with E-state index < -0.39 is 0 Å². The second kappa shape index (κ2) is 10.7. The van der Waals surface area contributed by atoms with Crippen LogP contribution in [0.2, 0.25) is 0 Å². The molecule has 0 saturated carbocycles. The summed E-state index contributed by atoms with van der Waals surface area (Å²) in [6.07, 6.45) is 0. The van der Waals surface area contributed by atoms with Gasteiger partial charge in [-0.1, -0.05) is 97.1 Å². The lowest BCUT2D eigenvalue weighted by atomic mass is 10.0. The molecule has 0 bridgehead atoms. The van der Waals surface area contributed by atoms with Gasteiger partial charge in [-0.05, 0) is 60.2 Å². The number of rotatable bonds is 5. The van der Waals surface area contributed by atoms with Gasteiger partial charge in [0.25, 0.3) is 0 Å². The third kappa shape index (κ3) is 4.25. The lowest BCUT2D eigenvalue weighted by Gasteiger charge is -2.28. The maximum absolute atomic E-state index is 6.55. The van der Waals surface area contributed by atoms with Crippen molar-refractivity contribution >= 4 is 81.6 Å². The predicted octanol–water partition coefficient (Wildman–Crippen LogP) is 12.9. The van der Waals surface area contributed by atoms with Gasteiger partial charge in [-0.2, -0.15) is 0 Å². The summed E-state index contributed by atoms with van der Waals surface area (Å²) in [6, 6.07) is 55.1. The molecule has 0 spiro atoms. The molecule has 0 aliphatic carbocycles. The van der Waals surface area contributed by atoms with E-state index in [9.17, 15) is 0 Å². The average molecular weight is 635 g/mol. The highest BCUT2D eigenvalue weighted by atomic mass is 32.1. The molecule has 0 unspecified atom stereocenters. The molecule has 0 aliphatic rings. The molecule has 226 valence electrons. The normalized spacial score (nSPS) is 11.8. The summed E-state index contributed by atoms with van der Waals surface area (Å²) in [7, 11) is 0. The van der Waals surface area contributed by atoms with E-state index in [1.807, 2.05) is 53.8 Å². The van der Waals surface area contributed by atoms with Gasteiger partial charge in [-0.25, -0.2) is 4.98 Å². The molecular formula is C43H26N2O2S. The Morgan fingerprint density at radius 2 is 1.21 bits per heavy atom. The molecule has 10 aromatic rings. The Bertz CT molecular complexity index is 2790. The lowest BCUT2D eigenvalue weighted by Crippen LogP contribution is -2.11. The summed E-state index contributed by atoms with van der Waals surface area (Å²) in [5, 5.41) is 4.57. The van der Waals surface area contributed by atoms with Crippen molar-refractivity contribution in [1.82, 2.24) is 4.98 Å². The minimum atomic E-state index is 0.595. The van der Waals surface area contributed by atoms with Crippen LogP contribution in [0, 0.1) is 0 Å². The van der Waals surface area contributed by atoms with Crippen molar-refractivity contribution in [3.05, 3.63) is 158 Å². The number of thiophene rings is 1. The van der Waals surface area contributed by atoms with Crippen molar-refractivity contribution < 1.29 is 8.83 Å². The first-order valence-corrected chi connectivity index (χ1v) is 16.8. The molecule has 5 heteroatoms. The zero-order valence-corrected chi connectivity index (χ0v) is 26.4. The van der Waals surface area contributed by atoms with Crippen LogP contribution in [0.4, 0.5) is 17.1 Å². The molecule has 0 saturated heterocycles. The van der Waals surface area contributed by atoms with Crippen LogP contribution in [0.25, 0.3) is 75.8 Å². The zero-order valence-electron chi connectivity index (χ0n) is 25.6. The van der Waals surface area contributed by atoms with Crippen LogP contribution in [0.15, 0.2) is 167 Å². The van der Waals surface area contributed by atoms with Crippen molar-refractivity contribution in [2.75, 3.05) is 4.90 Å². The summed E-state index contributed by atoms with van der Waals surface area (Å²) >= 11 is 1.83. The first kappa shape index (κ1) is 27.0. The van der Waals surface area contributed by atoms with E-state index in [1.165, 1.54) is 20.2 Å². The standard InChI is InChI=1S/C43H26N2O2S/c1-3-12-27(13-4-1)30-16-7-9-18-35(30)45(29-22-23-32-31-17-8-10-21-40(31)48-41(32)24-29)36-19-11-20-37-42(36)33-25-34-39(26-38(33)46-37)47-43(44-34)28-14-5-2-6-15-28/h1-26H. The van der Waals surface area contributed by atoms with Crippen molar-refractivity contribution in [2.45, 2.75) is 0 Å². The quantitative estimate of drug-likeness (QED) is 0.189. The highest BCUT2D eigenvalue weighted by Gasteiger charge is 2.23. The monoisotopic (exact) mass is 634 g/mol. The number of hydrogen-bond acceptors (Lipinski definition) is 5. The van der Waals surface area contributed by atoms with Crippen molar-refractivity contribution in [2.24, 2.45) is 0 Å². The van der Waals surface area contributed by atoms with Gasteiger partial charge in [0.1, 0.15) is 16.7 Å². The summed E-state index contributed by atoms with van der Waals surface area (Å²) in [5.41, 5.74) is 9.49. The first-order chi connectivity index (χ1) is 23.8. The molecule has 0 radical (unpaired) electrons. The maximum Gasteiger partial charge on any atom is 0.227 e. The molecule has 0 fully saturated rings. The van der Waals surface area contributed by atoms with Crippen LogP contribution < -0.4 is 4.90 Å². The molecule has 0 atom stereocenters. The lowest BCUT2D eigenvalue weighted by molar-refractivity contribution is 0.617. The minimum absolute atomic E-state index is 0.595. The number of furan rings is 1. The van der Waals surface area contributed by atoms with Gasteiger partial charge < -0.3 is 13.7 Å². The number of fused-ring (bicyclic) bond motifs is 7. The van der Waals surface area contributed by atoms with Gasteiger partial charge in [0.05, 0.1) is 16.8 Å². The van der Waals surface area contributed by atoms with Gasteiger partial charge in [-0.15, -0.1) is 11.3 Å². The smallest absolute Gasteiger partial charge is 0.227 e. The predicted molar refractivity (Wildman–Crippen MR) is 200 cm³/mol. The topological polar surface area (TPSA) is 42.4 Å². The van der Waals surface area contributed by atoms with Gasteiger partial charge >= 0.3 is 0 Å². The summed E-state index contributed by atoms with van der Waals surface area (Å²) < 4.78 is 15.3. The number of anilines is 3. The molecule has 48 heavy (non-hydrogen) atoms. The Morgan fingerprint density at radius 1 is 0.479 bits per heavy atom. The number of oxazole rings is 1. The van der Waals surface area contributed by atoms with Crippen LogP contribution in [-0.4, -0.2) is 4.98 Å². The van der Waals surface area contributed by atoms with Crippen molar-refractivity contribution in [1.29, 1.82) is 0 Å². The highest BCUT2D eigenvalue weighted by molar-refractivity contribution is 7.25. The van der Waals surface area contributed by atoms with Crippen LogP contribution >= 0.6 is 11.3 Å². The average Bonchev–Trinajstić information content (AvgIpc) is 3.84. The molecular weight excluding hydrogens is 609 g/mol. The van der Waals surface area contributed by atoms with Crippen LogP contribution in [-0.2, 0) is 0 Å². The molecule has 0 aliphatic heterocycles. The number of para-hydroxylation sites is 1. The first-order valence-electron chi connectivity index (χ1n) is 16.0. The van der Waals surface area contributed by atoms with E-state index in [-0.39, 0.29) is 0 Å². The molecule has 3 aromatic heterocycles. The van der Waals surface area contributed by atoms with E-state index in [0.29, 0.717) is 11.5 Å². The fourth-order valence-electron chi connectivity index (χ4n) is 6.91. The Morgan fingerprint density at radius 3 is 2.08 bits per heavy atom. The Kier molecular flexibility index (Phi) is 6.01. The molecule has 3 heterocycles. The third-order valence-electron chi connectivity index (χ3n) is 9.10. The summed E-state index contributed by atoms with van der Waals surface area (Å²) in [6.45, 7) is 0. The highest BCUT2D eigenvalue weighted by Crippen LogP contribution is 2.47. The van der Waals surface area contributed by atoms with Crippen LogP contribution in [0.3, 0.4) is 0 Å². The number of aromatic nitrogens is 1. The summed E-state index contributed by atoms with van der Waals surface area (Å²) in [5.74, 6) is 0.595. The Balaban J connectivity index is 1.24. The van der Waals surface area contributed by atoms with Gasteiger partial charge in [-0.3, -0.25) is 0 Å². The van der Waals surface area contributed by atoms with E-state index in [0.717, 1.165) is 61.2 Å². The Hall–Kier alpha value is -6.17. The summed E-state index contributed by atoms with van der Waals surface area (Å²) in [4.78, 5) is 7.28. The fourth-order valence-corrected chi connectivity index (χ4v) is 8.05. The molecule has 0 N–H and O–H groups in total. The van der Waals surface area contributed by atoms with E-state index in [4.69, 9.17) is 13.8 Å². The number of nitrogens with zero attached hydrogens (tertiary/aromatic N) is 2. The fraction of sp³-hybridized carbons (Fsp3) is 0. The second-order valence-electron chi connectivity index (χ2n) is 12.0. The third-order valence-corrected chi connectivity index (χ3v) is 10.2. The molecule has 10 rings (SSSR count). The van der Waals surface area contributed by atoms with Crippen LogP contribution in [0.1, 0.15) is 0 Å². The van der Waals surface area contributed by atoms with E-state index in [1.54, 1.807) is 0 Å². The van der Waals surface area contributed by atoms with Crippen molar-refractivity contribution in [3.8, 4) is 22.6 Å². The number of benzene rings is 7. The number of hydrogen-bond donors (Lipinski definition) is 0. The van der Waals surface area contributed by atoms with Gasteiger partial charge in [0.2, 0.25) is 5.89 Å². The zero-order chi connectivity index (χ0) is 31.6.